The molecular formula is C23H22BrNO. The molecule has 0 fully saturated rings. The molecule has 0 aliphatic rings. The first-order valence-corrected chi connectivity index (χ1v) is 9.45. The quantitative estimate of drug-likeness (QED) is 0.505. The maximum atomic E-state index is 13.4. The van der Waals surface area contributed by atoms with E-state index < -0.39 is 5.54 Å². The minimum Gasteiger partial charge on any atom is -0.325 e. The minimum absolute atomic E-state index is 0.0176. The van der Waals surface area contributed by atoms with Crippen molar-refractivity contribution < 1.29 is 4.79 Å². The van der Waals surface area contributed by atoms with Crippen LogP contribution in [-0.2, 0) is 12.1 Å². The summed E-state index contributed by atoms with van der Waals surface area (Å²) in [5, 5.41) is 0. The fraction of sp³-hybridized carbons (Fsp3) is 0.174. The van der Waals surface area contributed by atoms with Gasteiger partial charge in [0, 0.05) is 16.6 Å². The summed E-state index contributed by atoms with van der Waals surface area (Å²) in [4.78, 5) is 15.4. The van der Waals surface area contributed by atoms with Gasteiger partial charge in [-0.3, -0.25) is 4.79 Å². The van der Waals surface area contributed by atoms with Gasteiger partial charge in [-0.1, -0.05) is 82.7 Å². The molecule has 0 saturated carbocycles. The fourth-order valence-electron chi connectivity index (χ4n) is 3.07. The van der Waals surface area contributed by atoms with Crippen LogP contribution in [0.4, 0.5) is 0 Å². The zero-order valence-electron chi connectivity index (χ0n) is 15.0. The molecule has 132 valence electrons. The van der Waals surface area contributed by atoms with Crippen molar-refractivity contribution in [1.82, 2.24) is 4.90 Å². The van der Waals surface area contributed by atoms with Gasteiger partial charge in [0.1, 0.15) is 0 Å². The number of halogens is 1. The SMILES string of the molecule is CC(C)(c1ccccc1)N(Cc1ccccc1)C(=O)c1cccc(Br)c1. The number of amides is 1. The highest BCUT2D eigenvalue weighted by Crippen LogP contribution is 2.31. The van der Waals surface area contributed by atoms with Crippen LogP contribution < -0.4 is 0 Å². The molecule has 0 aliphatic heterocycles. The summed E-state index contributed by atoms with van der Waals surface area (Å²) in [6.07, 6.45) is 0. The Labute approximate surface area is 163 Å². The fourth-order valence-corrected chi connectivity index (χ4v) is 3.47. The number of nitrogens with zero attached hydrogens (tertiary/aromatic N) is 1. The molecule has 26 heavy (non-hydrogen) atoms. The van der Waals surface area contributed by atoms with E-state index in [9.17, 15) is 4.79 Å². The molecule has 3 aromatic rings. The molecule has 0 aliphatic carbocycles. The van der Waals surface area contributed by atoms with Gasteiger partial charge in [-0.25, -0.2) is 0 Å². The Kier molecular flexibility index (Phi) is 5.58. The highest BCUT2D eigenvalue weighted by Gasteiger charge is 2.33. The van der Waals surface area contributed by atoms with Crippen LogP contribution in [0.3, 0.4) is 0 Å². The molecule has 0 radical (unpaired) electrons. The van der Waals surface area contributed by atoms with Gasteiger partial charge in [-0.05, 0) is 43.2 Å². The van der Waals surface area contributed by atoms with Crippen molar-refractivity contribution in [1.29, 1.82) is 0 Å². The molecular weight excluding hydrogens is 386 g/mol. The zero-order valence-corrected chi connectivity index (χ0v) is 16.6. The van der Waals surface area contributed by atoms with Gasteiger partial charge in [0.05, 0.1) is 5.54 Å². The smallest absolute Gasteiger partial charge is 0.254 e. The monoisotopic (exact) mass is 407 g/mol. The third-order valence-electron chi connectivity index (χ3n) is 4.66. The normalized spacial score (nSPS) is 11.2. The molecule has 0 heterocycles. The van der Waals surface area contributed by atoms with Crippen LogP contribution in [0.25, 0.3) is 0 Å². The summed E-state index contributed by atoms with van der Waals surface area (Å²) in [6, 6.07) is 27.9. The van der Waals surface area contributed by atoms with Crippen LogP contribution in [0, 0.1) is 0 Å². The lowest BCUT2D eigenvalue weighted by atomic mass is 9.90. The topological polar surface area (TPSA) is 20.3 Å². The van der Waals surface area contributed by atoms with Gasteiger partial charge in [0.2, 0.25) is 0 Å². The van der Waals surface area contributed by atoms with Crippen LogP contribution >= 0.6 is 15.9 Å². The zero-order chi connectivity index (χ0) is 18.6. The third kappa shape index (κ3) is 4.05. The Bertz CT molecular complexity index is 875. The predicted molar refractivity (Wildman–Crippen MR) is 110 cm³/mol. The number of carbonyl (C=O) groups excluding carboxylic acids is 1. The lowest BCUT2D eigenvalue weighted by Gasteiger charge is -2.39. The highest BCUT2D eigenvalue weighted by molar-refractivity contribution is 9.10. The van der Waals surface area contributed by atoms with Crippen molar-refractivity contribution in [2.24, 2.45) is 0 Å². The molecule has 0 bridgehead atoms. The average Bonchev–Trinajstić information content (AvgIpc) is 2.67. The number of hydrogen-bond acceptors (Lipinski definition) is 1. The Morgan fingerprint density at radius 1 is 0.885 bits per heavy atom. The van der Waals surface area contributed by atoms with Crippen molar-refractivity contribution in [2.45, 2.75) is 25.9 Å². The Hall–Kier alpha value is -2.39. The van der Waals surface area contributed by atoms with E-state index in [1.54, 1.807) is 0 Å². The first-order valence-electron chi connectivity index (χ1n) is 8.65. The van der Waals surface area contributed by atoms with Crippen molar-refractivity contribution in [3.63, 3.8) is 0 Å². The van der Waals surface area contributed by atoms with E-state index in [2.05, 4.69) is 54.0 Å². The van der Waals surface area contributed by atoms with Gasteiger partial charge in [-0.2, -0.15) is 0 Å². The maximum Gasteiger partial charge on any atom is 0.254 e. The van der Waals surface area contributed by atoms with E-state index in [1.807, 2.05) is 65.6 Å². The van der Waals surface area contributed by atoms with Crippen LogP contribution in [0.1, 0.15) is 35.3 Å². The molecule has 0 spiro atoms. The summed E-state index contributed by atoms with van der Waals surface area (Å²) >= 11 is 3.47. The predicted octanol–water partition coefficient (Wildman–Crippen LogP) is 6.03. The second-order valence-corrected chi connectivity index (χ2v) is 7.73. The standard InChI is InChI=1S/C23H22BrNO/c1-23(2,20-13-7-4-8-14-20)25(17-18-10-5-3-6-11-18)22(26)19-12-9-15-21(24)16-19/h3-16H,17H2,1-2H3. The van der Waals surface area contributed by atoms with E-state index in [-0.39, 0.29) is 5.91 Å². The number of benzene rings is 3. The van der Waals surface area contributed by atoms with Crippen molar-refractivity contribution in [3.05, 3.63) is 106 Å². The van der Waals surface area contributed by atoms with Gasteiger partial charge >= 0.3 is 0 Å². The molecule has 0 atom stereocenters. The van der Waals surface area contributed by atoms with Crippen molar-refractivity contribution >= 4 is 21.8 Å². The highest BCUT2D eigenvalue weighted by atomic mass is 79.9. The van der Waals surface area contributed by atoms with E-state index in [4.69, 9.17) is 0 Å². The second-order valence-electron chi connectivity index (χ2n) is 6.81. The summed E-state index contributed by atoms with van der Waals surface area (Å²) in [5.74, 6) is 0.0176. The van der Waals surface area contributed by atoms with Crippen LogP contribution in [0.2, 0.25) is 0 Å². The molecule has 3 heteroatoms. The summed E-state index contributed by atoms with van der Waals surface area (Å²) in [7, 11) is 0. The Morgan fingerprint density at radius 3 is 2.12 bits per heavy atom. The van der Waals surface area contributed by atoms with Gasteiger partial charge in [0.15, 0.2) is 0 Å². The van der Waals surface area contributed by atoms with E-state index >= 15 is 0 Å². The second kappa shape index (κ2) is 7.88. The Morgan fingerprint density at radius 2 is 1.50 bits per heavy atom. The first-order chi connectivity index (χ1) is 12.5. The van der Waals surface area contributed by atoms with Crippen LogP contribution in [0.15, 0.2) is 89.4 Å². The first kappa shape index (κ1) is 18.4. The number of hydrogen-bond donors (Lipinski definition) is 0. The van der Waals surface area contributed by atoms with Crippen LogP contribution in [-0.4, -0.2) is 10.8 Å². The van der Waals surface area contributed by atoms with Gasteiger partial charge < -0.3 is 4.90 Å². The lowest BCUT2D eigenvalue weighted by molar-refractivity contribution is 0.0514. The number of rotatable bonds is 5. The molecule has 0 N–H and O–H groups in total. The largest absolute Gasteiger partial charge is 0.325 e. The lowest BCUT2D eigenvalue weighted by Crippen LogP contribution is -2.45. The molecule has 1 amide bonds. The molecule has 2 nitrogen and oxygen atoms in total. The Balaban J connectivity index is 2.03. The molecule has 3 rings (SSSR count). The maximum absolute atomic E-state index is 13.4. The molecule has 0 saturated heterocycles. The molecule has 0 unspecified atom stereocenters. The van der Waals surface area contributed by atoms with Gasteiger partial charge in [0.25, 0.3) is 5.91 Å². The molecule has 0 aromatic heterocycles. The summed E-state index contributed by atoms with van der Waals surface area (Å²) in [5.41, 5.74) is 2.45. The minimum atomic E-state index is -0.448. The molecule has 3 aromatic carbocycles. The van der Waals surface area contributed by atoms with E-state index in [0.717, 1.165) is 15.6 Å². The van der Waals surface area contributed by atoms with Crippen molar-refractivity contribution in [3.8, 4) is 0 Å². The van der Waals surface area contributed by atoms with Crippen molar-refractivity contribution in [2.75, 3.05) is 0 Å². The summed E-state index contributed by atoms with van der Waals surface area (Å²) < 4.78 is 0.903. The van der Waals surface area contributed by atoms with E-state index in [0.29, 0.717) is 12.1 Å². The summed E-state index contributed by atoms with van der Waals surface area (Å²) in [6.45, 7) is 4.75. The third-order valence-corrected chi connectivity index (χ3v) is 5.15. The van der Waals surface area contributed by atoms with Crippen LogP contribution in [0.5, 0.6) is 0 Å². The average molecular weight is 408 g/mol. The van der Waals surface area contributed by atoms with E-state index in [1.165, 1.54) is 0 Å². The van der Waals surface area contributed by atoms with Gasteiger partial charge in [-0.15, -0.1) is 0 Å². The number of carbonyl (C=O) groups is 1.